The van der Waals surface area contributed by atoms with Crippen LogP contribution in [0.1, 0.15) is 47.2 Å². The van der Waals surface area contributed by atoms with E-state index in [9.17, 15) is 14.0 Å². The number of anilines is 1. The SMILES string of the molecule is CCOc1ccc(NC(=O)N2CCCC(c3cccc(C(=O)NCc4ccccc4F)c3)C2)cc1. The second-order valence-electron chi connectivity index (χ2n) is 8.57. The monoisotopic (exact) mass is 475 g/mol. The van der Waals surface area contributed by atoms with Crippen LogP contribution in [0.5, 0.6) is 5.75 Å². The lowest BCUT2D eigenvalue weighted by Gasteiger charge is -2.33. The molecule has 1 unspecified atom stereocenters. The summed E-state index contributed by atoms with van der Waals surface area (Å²) < 4.78 is 19.3. The normalized spacial score (nSPS) is 15.4. The lowest BCUT2D eigenvalue weighted by molar-refractivity contribution is 0.0950. The largest absolute Gasteiger partial charge is 0.494 e. The van der Waals surface area contributed by atoms with Crippen LogP contribution in [0.2, 0.25) is 0 Å². The van der Waals surface area contributed by atoms with Crippen LogP contribution in [0.3, 0.4) is 0 Å². The second-order valence-corrected chi connectivity index (χ2v) is 8.57. The molecule has 35 heavy (non-hydrogen) atoms. The van der Waals surface area contributed by atoms with Gasteiger partial charge in [-0.3, -0.25) is 4.79 Å². The minimum Gasteiger partial charge on any atom is -0.494 e. The highest BCUT2D eigenvalue weighted by Gasteiger charge is 2.25. The van der Waals surface area contributed by atoms with Crippen LogP contribution in [0.4, 0.5) is 14.9 Å². The first-order valence-corrected chi connectivity index (χ1v) is 11.9. The first kappa shape index (κ1) is 24.3. The second kappa shape index (κ2) is 11.5. The molecule has 0 aromatic heterocycles. The first-order valence-electron chi connectivity index (χ1n) is 11.9. The molecule has 6 nitrogen and oxygen atoms in total. The number of halogens is 1. The quantitative estimate of drug-likeness (QED) is 0.470. The van der Waals surface area contributed by atoms with Crippen molar-refractivity contribution in [3.63, 3.8) is 0 Å². The van der Waals surface area contributed by atoms with Gasteiger partial charge < -0.3 is 20.3 Å². The molecular formula is C28H30FN3O3. The van der Waals surface area contributed by atoms with Gasteiger partial charge in [0.15, 0.2) is 0 Å². The average molecular weight is 476 g/mol. The summed E-state index contributed by atoms with van der Waals surface area (Å²) in [7, 11) is 0. The van der Waals surface area contributed by atoms with Gasteiger partial charge in [-0.25, -0.2) is 9.18 Å². The molecule has 3 aromatic carbocycles. The number of nitrogens with one attached hydrogen (secondary N) is 2. The van der Waals surface area contributed by atoms with Gasteiger partial charge in [0.2, 0.25) is 0 Å². The Morgan fingerprint density at radius 1 is 1.06 bits per heavy atom. The Hall–Kier alpha value is -3.87. The van der Waals surface area contributed by atoms with Crippen molar-refractivity contribution >= 4 is 17.6 Å². The van der Waals surface area contributed by atoms with Crippen LogP contribution < -0.4 is 15.4 Å². The van der Waals surface area contributed by atoms with Crippen LogP contribution in [0.15, 0.2) is 72.8 Å². The molecule has 0 bridgehead atoms. The first-order chi connectivity index (χ1) is 17.0. The molecular weight excluding hydrogens is 445 g/mol. The summed E-state index contributed by atoms with van der Waals surface area (Å²) in [4.78, 5) is 27.4. The van der Waals surface area contributed by atoms with E-state index in [0.717, 1.165) is 24.2 Å². The molecule has 3 amide bonds. The van der Waals surface area contributed by atoms with Gasteiger partial charge in [0.1, 0.15) is 11.6 Å². The molecule has 0 saturated carbocycles. The van der Waals surface area contributed by atoms with Crippen LogP contribution in [-0.2, 0) is 6.54 Å². The third kappa shape index (κ3) is 6.38. The number of ether oxygens (including phenoxy) is 1. The molecule has 1 heterocycles. The van der Waals surface area contributed by atoms with Crippen LogP contribution in [0.25, 0.3) is 0 Å². The fourth-order valence-electron chi connectivity index (χ4n) is 4.29. The molecule has 0 aliphatic carbocycles. The molecule has 1 fully saturated rings. The van der Waals surface area contributed by atoms with E-state index in [1.54, 1.807) is 24.3 Å². The number of amides is 3. The highest BCUT2D eigenvalue weighted by atomic mass is 19.1. The third-order valence-electron chi connectivity index (χ3n) is 6.14. The van der Waals surface area contributed by atoms with Crippen LogP contribution in [0, 0.1) is 5.82 Å². The van der Waals surface area contributed by atoms with E-state index in [1.807, 2.05) is 54.3 Å². The van der Waals surface area contributed by atoms with Crippen molar-refractivity contribution in [1.29, 1.82) is 0 Å². The average Bonchev–Trinajstić information content (AvgIpc) is 2.89. The summed E-state index contributed by atoms with van der Waals surface area (Å²) in [6.45, 7) is 3.90. The number of nitrogens with zero attached hydrogens (tertiary/aromatic N) is 1. The highest BCUT2D eigenvalue weighted by molar-refractivity contribution is 5.94. The number of benzene rings is 3. The van der Waals surface area contributed by atoms with Gasteiger partial charge in [0.25, 0.3) is 5.91 Å². The number of piperidine rings is 1. The van der Waals surface area contributed by atoms with Crippen molar-refractivity contribution in [1.82, 2.24) is 10.2 Å². The summed E-state index contributed by atoms with van der Waals surface area (Å²) in [6, 6.07) is 21.0. The zero-order valence-electron chi connectivity index (χ0n) is 19.8. The maximum Gasteiger partial charge on any atom is 0.321 e. The molecule has 7 heteroatoms. The van der Waals surface area contributed by atoms with E-state index < -0.39 is 0 Å². The number of likely N-dealkylation sites (tertiary alicyclic amines) is 1. The lowest BCUT2D eigenvalue weighted by Crippen LogP contribution is -2.41. The van der Waals surface area contributed by atoms with Crippen molar-refractivity contribution < 1.29 is 18.7 Å². The van der Waals surface area contributed by atoms with E-state index in [1.165, 1.54) is 6.07 Å². The smallest absolute Gasteiger partial charge is 0.321 e. The number of hydrogen-bond acceptors (Lipinski definition) is 3. The van der Waals surface area contributed by atoms with Gasteiger partial charge in [-0.05, 0) is 67.8 Å². The standard InChI is InChI=1S/C28H30FN3O3/c1-2-35-25-14-12-24(13-15-25)31-28(34)32-16-6-10-23(19-32)20-8-5-9-21(17-20)27(33)30-18-22-7-3-4-11-26(22)29/h3-5,7-9,11-15,17,23H,2,6,10,16,18-19H2,1H3,(H,30,33)(H,31,34). The molecule has 1 saturated heterocycles. The van der Waals surface area contributed by atoms with Crippen molar-refractivity contribution in [2.45, 2.75) is 32.2 Å². The summed E-state index contributed by atoms with van der Waals surface area (Å²) in [5.41, 5.74) is 2.70. The van der Waals surface area contributed by atoms with E-state index in [-0.39, 0.29) is 30.2 Å². The van der Waals surface area contributed by atoms with Crippen molar-refractivity contribution in [2.24, 2.45) is 0 Å². The third-order valence-corrected chi connectivity index (χ3v) is 6.14. The van der Waals surface area contributed by atoms with E-state index >= 15 is 0 Å². The van der Waals surface area contributed by atoms with E-state index in [4.69, 9.17) is 4.74 Å². The van der Waals surface area contributed by atoms with Gasteiger partial charge in [0.05, 0.1) is 6.61 Å². The van der Waals surface area contributed by atoms with Gasteiger partial charge in [0, 0.05) is 42.4 Å². The fourth-order valence-corrected chi connectivity index (χ4v) is 4.29. The van der Waals surface area contributed by atoms with E-state index in [2.05, 4.69) is 10.6 Å². The molecule has 2 N–H and O–H groups in total. The number of urea groups is 1. The molecule has 0 spiro atoms. The highest BCUT2D eigenvalue weighted by Crippen LogP contribution is 2.28. The molecule has 1 atom stereocenters. The van der Waals surface area contributed by atoms with Gasteiger partial charge in [-0.2, -0.15) is 0 Å². The molecule has 3 aromatic rings. The minimum absolute atomic E-state index is 0.124. The van der Waals surface area contributed by atoms with Crippen LogP contribution >= 0.6 is 0 Å². The van der Waals surface area contributed by atoms with Crippen molar-refractivity contribution in [3.05, 3.63) is 95.3 Å². The lowest BCUT2D eigenvalue weighted by atomic mass is 9.89. The maximum absolute atomic E-state index is 13.8. The topological polar surface area (TPSA) is 70.7 Å². The summed E-state index contributed by atoms with van der Waals surface area (Å²) >= 11 is 0. The number of rotatable bonds is 7. The molecule has 182 valence electrons. The zero-order valence-corrected chi connectivity index (χ0v) is 19.8. The minimum atomic E-state index is -0.340. The molecule has 4 rings (SSSR count). The van der Waals surface area contributed by atoms with Gasteiger partial charge in [-0.15, -0.1) is 0 Å². The number of carbonyl (C=O) groups excluding carboxylic acids is 2. The van der Waals surface area contributed by atoms with Crippen molar-refractivity contribution in [3.8, 4) is 5.75 Å². The Balaban J connectivity index is 1.36. The van der Waals surface area contributed by atoms with Crippen LogP contribution in [-0.4, -0.2) is 36.5 Å². The molecule has 0 radical (unpaired) electrons. The summed E-state index contributed by atoms with van der Waals surface area (Å²) in [6.07, 6.45) is 1.82. The Morgan fingerprint density at radius 2 is 1.86 bits per heavy atom. The Kier molecular flexibility index (Phi) is 7.98. The number of hydrogen-bond donors (Lipinski definition) is 2. The summed E-state index contributed by atoms with van der Waals surface area (Å²) in [5, 5.41) is 5.75. The fraction of sp³-hybridized carbons (Fsp3) is 0.286. The predicted molar refractivity (Wildman–Crippen MR) is 134 cm³/mol. The number of carbonyl (C=O) groups is 2. The molecule has 1 aliphatic heterocycles. The zero-order chi connectivity index (χ0) is 24.6. The van der Waals surface area contributed by atoms with Gasteiger partial charge in [-0.1, -0.05) is 30.3 Å². The Morgan fingerprint density at radius 3 is 2.63 bits per heavy atom. The Bertz CT molecular complexity index is 1170. The summed E-state index contributed by atoms with van der Waals surface area (Å²) in [5.74, 6) is 0.305. The molecule has 1 aliphatic rings. The predicted octanol–water partition coefficient (Wildman–Crippen LogP) is 5.57. The Labute approximate surface area is 205 Å². The maximum atomic E-state index is 13.8. The van der Waals surface area contributed by atoms with E-state index in [0.29, 0.717) is 36.5 Å². The van der Waals surface area contributed by atoms with Crippen molar-refractivity contribution in [2.75, 3.05) is 25.0 Å². The van der Waals surface area contributed by atoms with Gasteiger partial charge >= 0.3 is 6.03 Å².